The Morgan fingerprint density at radius 1 is 0.745 bits per heavy atom. The summed E-state index contributed by atoms with van der Waals surface area (Å²) in [6, 6.07) is 1.10. The molecule has 0 spiro atoms. The van der Waals surface area contributed by atoms with Gasteiger partial charge in [0.2, 0.25) is 23.6 Å². The molecule has 7 atom stereocenters. The van der Waals surface area contributed by atoms with Crippen molar-refractivity contribution in [1.29, 1.82) is 0 Å². The van der Waals surface area contributed by atoms with Crippen molar-refractivity contribution in [3.63, 3.8) is 0 Å². The fraction of sp³-hybridized carbons (Fsp3) is 0.562. The van der Waals surface area contributed by atoms with Crippen LogP contribution in [0, 0.1) is 5.92 Å². The van der Waals surface area contributed by atoms with E-state index in [0.29, 0.717) is 12.0 Å². The number of carboxylic acids is 1. The van der Waals surface area contributed by atoms with Crippen LogP contribution in [-0.2, 0) is 54.4 Å². The van der Waals surface area contributed by atoms with Gasteiger partial charge in [-0.3, -0.25) is 28.8 Å². The molecule has 19 heteroatoms. The normalized spacial score (nSPS) is 14.8. The van der Waals surface area contributed by atoms with Crippen LogP contribution in [0.5, 0.6) is 0 Å². The Balaban J connectivity index is 3.23. The second-order valence-electron chi connectivity index (χ2n) is 11.4. The molecule has 0 unspecified atom stereocenters. The number of carboxylic acid groups (broad SMARTS) is 1. The Kier molecular flexibility index (Phi) is 19.7. The van der Waals surface area contributed by atoms with Gasteiger partial charge in [-0.1, -0.05) is 50.6 Å². The number of rotatable bonds is 21. The largest absolute Gasteiger partial charge is 0.480 e. The Morgan fingerprint density at radius 3 is 1.82 bits per heavy atom. The van der Waals surface area contributed by atoms with Crippen LogP contribution in [0.25, 0.3) is 0 Å². The highest BCUT2D eigenvalue weighted by Gasteiger charge is 2.36. The molecular formula is C32H47N5O13S. The number of methoxy groups -OCH3 is 2. The molecule has 0 bridgehead atoms. The zero-order valence-corrected chi connectivity index (χ0v) is 29.9. The van der Waals surface area contributed by atoms with Crippen molar-refractivity contribution in [3.05, 3.63) is 35.9 Å². The minimum absolute atomic E-state index is 0.0774. The van der Waals surface area contributed by atoms with Gasteiger partial charge in [-0.25, -0.2) is 9.59 Å². The van der Waals surface area contributed by atoms with E-state index in [0.717, 1.165) is 21.1 Å². The first kappa shape index (κ1) is 44.1. The van der Waals surface area contributed by atoms with Gasteiger partial charge in [0.25, 0.3) is 0 Å². The quantitative estimate of drug-likeness (QED) is 0.0436. The molecule has 51 heavy (non-hydrogen) atoms. The fourth-order valence-electron chi connectivity index (χ4n) is 4.33. The van der Waals surface area contributed by atoms with E-state index < -0.39 is 96.3 Å². The van der Waals surface area contributed by atoms with Crippen LogP contribution in [0.2, 0.25) is 0 Å². The number of thiol groups is 1. The Hall–Kier alpha value is -4.91. The van der Waals surface area contributed by atoms with E-state index >= 15 is 0 Å². The first-order valence-corrected chi connectivity index (χ1v) is 16.6. The number of hydrogen-bond donors (Lipinski definition) is 8. The highest BCUT2D eigenvalue weighted by Crippen LogP contribution is 2.11. The van der Waals surface area contributed by atoms with Gasteiger partial charge in [0.1, 0.15) is 36.8 Å². The number of aliphatic hydroxyl groups excluding tert-OH is 1. The molecule has 0 heterocycles. The average molecular weight is 742 g/mol. The SMILES string of the molecule is CC[C@H](C)[C@H](NC(=O)OCc1ccccc1)C(=O)N[C@@H](CCC(=O)OC)C(=O)N[C@H](C(=O)N[C@@H](CC(=O)OC)C(=O)N[C@H](CS)C(=O)O)[C@@H](C)O. The second kappa shape index (κ2) is 22.7. The van der Waals surface area contributed by atoms with Gasteiger partial charge in [-0.2, -0.15) is 12.6 Å². The van der Waals surface area contributed by atoms with E-state index in [1.54, 1.807) is 44.2 Å². The number of carbonyl (C=O) groups is 8. The molecule has 0 saturated heterocycles. The summed E-state index contributed by atoms with van der Waals surface area (Å²) in [5, 5.41) is 31.3. The minimum atomic E-state index is -1.79. The summed E-state index contributed by atoms with van der Waals surface area (Å²) >= 11 is 3.86. The number of aliphatic carboxylic acids is 1. The standard InChI is InChI=1S/C32H47N5O13S/c1-6-17(2)25(37-32(47)50-15-19-10-8-7-9-11-19)29(43)33-20(12-13-23(39)48-4)27(41)36-26(18(3)38)30(44)34-21(14-24(40)49-5)28(42)35-22(16-51)31(45)46/h7-11,17-18,20-22,25-26,38,51H,6,12-16H2,1-5H3,(H,33,43)(H,34,44)(H,35,42)(H,36,41)(H,37,47)(H,45,46)/t17-,18+,20-,21-,22+,25-,26-/m0/s1. The molecule has 5 amide bonds. The van der Waals surface area contributed by atoms with Gasteiger partial charge in [-0.15, -0.1) is 0 Å². The summed E-state index contributed by atoms with van der Waals surface area (Å²) in [6.07, 6.45) is -3.55. The van der Waals surface area contributed by atoms with Crippen molar-refractivity contribution in [2.45, 2.75) is 89.4 Å². The molecule has 1 aromatic rings. The third-order valence-electron chi connectivity index (χ3n) is 7.57. The van der Waals surface area contributed by atoms with Crippen LogP contribution in [0.1, 0.15) is 52.0 Å². The minimum Gasteiger partial charge on any atom is -0.480 e. The predicted octanol–water partition coefficient (Wildman–Crippen LogP) is -0.822. The Labute approximate surface area is 300 Å². The van der Waals surface area contributed by atoms with Crippen molar-refractivity contribution in [3.8, 4) is 0 Å². The molecule has 0 saturated carbocycles. The maximum atomic E-state index is 13.5. The number of esters is 2. The lowest BCUT2D eigenvalue weighted by Gasteiger charge is -2.28. The maximum Gasteiger partial charge on any atom is 0.408 e. The fourth-order valence-corrected chi connectivity index (χ4v) is 4.57. The maximum absolute atomic E-state index is 13.5. The Morgan fingerprint density at radius 2 is 1.29 bits per heavy atom. The van der Waals surface area contributed by atoms with E-state index in [9.17, 15) is 48.6 Å². The van der Waals surface area contributed by atoms with Gasteiger partial charge in [0.15, 0.2) is 0 Å². The first-order chi connectivity index (χ1) is 24.1. The zero-order valence-electron chi connectivity index (χ0n) is 29.0. The van der Waals surface area contributed by atoms with E-state index in [2.05, 4.69) is 48.7 Å². The number of benzene rings is 1. The van der Waals surface area contributed by atoms with Crippen LogP contribution in [0.15, 0.2) is 30.3 Å². The monoisotopic (exact) mass is 741 g/mol. The molecule has 0 aliphatic rings. The number of aliphatic hydroxyl groups is 1. The van der Waals surface area contributed by atoms with Gasteiger partial charge >= 0.3 is 24.0 Å². The van der Waals surface area contributed by atoms with Crippen molar-refractivity contribution >= 4 is 60.3 Å². The molecule has 0 aromatic heterocycles. The van der Waals surface area contributed by atoms with Crippen molar-refractivity contribution in [2.75, 3.05) is 20.0 Å². The summed E-state index contributed by atoms with van der Waals surface area (Å²) in [7, 11) is 2.13. The molecule has 284 valence electrons. The summed E-state index contributed by atoms with van der Waals surface area (Å²) in [4.78, 5) is 101. The lowest BCUT2D eigenvalue weighted by molar-refractivity contribution is -0.145. The highest BCUT2D eigenvalue weighted by atomic mass is 32.1. The molecule has 1 aromatic carbocycles. The molecule has 0 radical (unpaired) electrons. The highest BCUT2D eigenvalue weighted by molar-refractivity contribution is 7.80. The summed E-state index contributed by atoms with van der Waals surface area (Å²) in [5.41, 5.74) is 0.702. The summed E-state index contributed by atoms with van der Waals surface area (Å²) < 4.78 is 14.4. The number of ether oxygens (including phenoxy) is 3. The van der Waals surface area contributed by atoms with Gasteiger partial charge in [0.05, 0.1) is 26.7 Å². The molecule has 7 N–H and O–H groups in total. The first-order valence-electron chi connectivity index (χ1n) is 15.9. The molecule has 0 aliphatic heterocycles. The topological polar surface area (TPSA) is 265 Å². The third kappa shape index (κ3) is 15.7. The van der Waals surface area contributed by atoms with Crippen molar-refractivity contribution < 1.29 is 62.8 Å². The van der Waals surface area contributed by atoms with E-state index in [4.69, 9.17) is 4.74 Å². The van der Waals surface area contributed by atoms with Gasteiger partial charge < -0.3 is 51.0 Å². The molecule has 0 fully saturated rings. The summed E-state index contributed by atoms with van der Waals surface area (Å²) in [6.45, 7) is 4.50. The van der Waals surface area contributed by atoms with E-state index in [1.807, 2.05) is 0 Å². The lowest BCUT2D eigenvalue weighted by atomic mass is 9.97. The number of hydrogen-bond acceptors (Lipinski definition) is 13. The van der Waals surface area contributed by atoms with E-state index in [1.165, 1.54) is 0 Å². The molecule has 18 nitrogen and oxygen atoms in total. The van der Waals surface area contributed by atoms with Crippen LogP contribution < -0.4 is 26.6 Å². The molecule has 0 aliphatic carbocycles. The lowest BCUT2D eigenvalue weighted by Crippen LogP contribution is -2.61. The van der Waals surface area contributed by atoms with E-state index in [-0.39, 0.29) is 25.2 Å². The Bertz CT molecular complexity index is 1360. The van der Waals surface area contributed by atoms with Crippen molar-refractivity contribution in [1.82, 2.24) is 26.6 Å². The second-order valence-corrected chi connectivity index (χ2v) is 11.8. The van der Waals surface area contributed by atoms with Gasteiger partial charge in [0, 0.05) is 12.2 Å². The van der Waals surface area contributed by atoms with Crippen LogP contribution in [0.4, 0.5) is 4.79 Å². The van der Waals surface area contributed by atoms with Crippen LogP contribution in [0.3, 0.4) is 0 Å². The number of carbonyl (C=O) groups excluding carboxylic acids is 7. The molecule has 1 rings (SSSR count). The van der Waals surface area contributed by atoms with Crippen LogP contribution >= 0.6 is 12.6 Å². The summed E-state index contributed by atoms with van der Waals surface area (Å²) in [5.74, 6) is -8.04. The average Bonchev–Trinajstić information content (AvgIpc) is 3.11. The third-order valence-corrected chi connectivity index (χ3v) is 7.94. The number of nitrogens with one attached hydrogen (secondary N) is 5. The predicted molar refractivity (Wildman–Crippen MR) is 182 cm³/mol. The smallest absolute Gasteiger partial charge is 0.408 e. The number of amides is 5. The zero-order chi connectivity index (χ0) is 38.7. The van der Waals surface area contributed by atoms with Gasteiger partial charge in [-0.05, 0) is 24.8 Å². The molecular weight excluding hydrogens is 694 g/mol. The van der Waals surface area contributed by atoms with Crippen molar-refractivity contribution in [2.24, 2.45) is 5.92 Å². The van der Waals surface area contributed by atoms with Crippen LogP contribution in [-0.4, -0.2) is 114 Å². The number of alkyl carbamates (subject to hydrolysis) is 1.